The Kier molecular flexibility index (Phi) is 5.59. The van der Waals surface area contributed by atoms with Crippen LogP contribution in [0.1, 0.15) is 37.8 Å². The van der Waals surface area contributed by atoms with E-state index in [-0.39, 0.29) is 17.0 Å². The van der Waals surface area contributed by atoms with Crippen LogP contribution in [0.4, 0.5) is 0 Å². The summed E-state index contributed by atoms with van der Waals surface area (Å²) >= 11 is 0. The summed E-state index contributed by atoms with van der Waals surface area (Å²) in [5.41, 5.74) is 0.641. The lowest BCUT2D eigenvalue weighted by atomic mass is 9.59. The highest BCUT2D eigenvalue weighted by molar-refractivity contribution is 6.10. The van der Waals surface area contributed by atoms with Crippen LogP contribution in [-0.4, -0.2) is 25.8 Å². The Bertz CT molecular complexity index is 776. The number of carbonyl (C=O) groups is 2. The molecule has 0 aliphatic heterocycles. The second kappa shape index (κ2) is 7.78. The topological polar surface area (TPSA) is 52.6 Å². The van der Waals surface area contributed by atoms with E-state index in [4.69, 9.17) is 9.47 Å². The molecule has 0 unspecified atom stereocenters. The van der Waals surface area contributed by atoms with Crippen LogP contribution in [0.5, 0.6) is 11.5 Å². The van der Waals surface area contributed by atoms with Crippen molar-refractivity contribution in [2.24, 2.45) is 10.8 Å². The van der Waals surface area contributed by atoms with E-state index in [1.54, 1.807) is 14.2 Å². The second-order valence-corrected chi connectivity index (χ2v) is 8.50. The van der Waals surface area contributed by atoms with Gasteiger partial charge in [0.2, 0.25) is 0 Å². The molecule has 0 spiro atoms. The summed E-state index contributed by atoms with van der Waals surface area (Å²) in [4.78, 5) is 26.7. The summed E-state index contributed by atoms with van der Waals surface area (Å²) in [6.07, 6.45) is 1.67. The molecule has 28 heavy (non-hydrogen) atoms. The molecule has 0 atom stereocenters. The highest BCUT2D eigenvalue weighted by Gasteiger charge is 2.51. The van der Waals surface area contributed by atoms with Crippen molar-refractivity contribution in [3.63, 3.8) is 0 Å². The normalized spacial score (nSPS) is 18.0. The van der Waals surface area contributed by atoms with E-state index >= 15 is 0 Å². The van der Waals surface area contributed by atoms with Crippen LogP contribution < -0.4 is 9.47 Å². The number of methoxy groups -OCH3 is 2. The zero-order valence-electron chi connectivity index (χ0n) is 17.1. The SMILES string of the molecule is COc1ccc(CC2(Cc3ccc(OC)cc3)C(=O)CC(C)(C)CC2=O)cc1. The molecule has 0 heterocycles. The number of carbonyl (C=O) groups excluding carboxylic acids is 2. The van der Waals surface area contributed by atoms with Gasteiger partial charge in [-0.25, -0.2) is 0 Å². The maximum Gasteiger partial charge on any atom is 0.147 e. The number of Topliss-reactive ketones (excluding diaryl/α,β-unsaturated/α-hetero) is 2. The summed E-state index contributed by atoms with van der Waals surface area (Å²) in [5.74, 6) is 1.60. The molecular formula is C24H28O4. The molecule has 0 radical (unpaired) electrons. The molecular weight excluding hydrogens is 352 g/mol. The molecule has 2 aromatic rings. The van der Waals surface area contributed by atoms with Gasteiger partial charge in [-0.05, 0) is 53.6 Å². The first-order chi connectivity index (χ1) is 13.3. The van der Waals surface area contributed by atoms with Crippen LogP contribution in [0.3, 0.4) is 0 Å². The minimum Gasteiger partial charge on any atom is -0.497 e. The van der Waals surface area contributed by atoms with Gasteiger partial charge in [0.1, 0.15) is 23.1 Å². The fourth-order valence-corrected chi connectivity index (χ4v) is 4.07. The van der Waals surface area contributed by atoms with E-state index in [1.807, 2.05) is 62.4 Å². The average Bonchev–Trinajstić information content (AvgIpc) is 2.66. The predicted octanol–water partition coefficient (Wildman–Crippen LogP) is 4.43. The summed E-state index contributed by atoms with van der Waals surface area (Å²) in [6.45, 7) is 3.99. The monoisotopic (exact) mass is 380 g/mol. The molecule has 3 rings (SSSR count). The van der Waals surface area contributed by atoms with Crippen LogP contribution in [-0.2, 0) is 22.4 Å². The van der Waals surface area contributed by atoms with Crippen LogP contribution in [0.2, 0.25) is 0 Å². The van der Waals surface area contributed by atoms with Crippen LogP contribution in [0.25, 0.3) is 0 Å². The van der Waals surface area contributed by atoms with Gasteiger partial charge in [-0.15, -0.1) is 0 Å². The van der Waals surface area contributed by atoms with Gasteiger partial charge >= 0.3 is 0 Å². The van der Waals surface area contributed by atoms with Gasteiger partial charge in [-0.1, -0.05) is 38.1 Å². The molecule has 0 aromatic heterocycles. The van der Waals surface area contributed by atoms with Crippen molar-refractivity contribution in [2.45, 2.75) is 39.5 Å². The van der Waals surface area contributed by atoms with Crippen molar-refractivity contribution in [2.75, 3.05) is 14.2 Å². The molecule has 148 valence electrons. The van der Waals surface area contributed by atoms with Crippen molar-refractivity contribution in [3.05, 3.63) is 59.7 Å². The molecule has 0 saturated heterocycles. The molecule has 1 saturated carbocycles. The summed E-state index contributed by atoms with van der Waals surface area (Å²) in [6, 6.07) is 15.3. The van der Waals surface area contributed by atoms with E-state index in [1.165, 1.54) is 0 Å². The Balaban J connectivity index is 1.97. The van der Waals surface area contributed by atoms with Crippen LogP contribution in [0.15, 0.2) is 48.5 Å². The van der Waals surface area contributed by atoms with E-state index in [9.17, 15) is 9.59 Å². The summed E-state index contributed by atoms with van der Waals surface area (Å²) in [5, 5.41) is 0. The maximum absolute atomic E-state index is 13.3. The lowest BCUT2D eigenvalue weighted by molar-refractivity contribution is -0.148. The van der Waals surface area contributed by atoms with Gasteiger partial charge < -0.3 is 9.47 Å². The Morgan fingerprint density at radius 2 is 1.07 bits per heavy atom. The minimum atomic E-state index is -1.02. The zero-order valence-corrected chi connectivity index (χ0v) is 17.1. The molecule has 4 heteroatoms. The van der Waals surface area contributed by atoms with E-state index < -0.39 is 5.41 Å². The Morgan fingerprint density at radius 1 is 0.714 bits per heavy atom. The first-order valence-electron chi connectivity index (χ1n) is 9.60. The largest absolute Gasteiger partial charge is 0.497 e. The number of rotatable bonds is 6. The van der Waals surface area contributed by atoms with Crippen molar-refractivity contribution in [1.82, 2.24) is 0 Å². The number of ketones is 2. The van der Waals surface area contributed by atoms with Crippen LogP contribution in [0, 0.1) is 10.8 Å². The maximum atomic E-state index is 13.3. The molecule has 2 aromatic carbocycles. The molecule has 0 bridgehead atoms. The highest BCUT2D eigenvalue weighted by Crippen LogP contribution is 2.44. The van der Waals surface area contributed by atoms with E-state index in [0.717, 1.165) is 22.6 Å². The quantitative estimate of drug-likeness (QED) is 0.696. The molecule has 4 nitrogen and oxygen atoms in total. The van der Waals surface area contributed by atoms with E-state index in [0.29, 0.717) is 25.7 Å². The highest BCUT2D eigenvalue weighted by atomic mass is 16.5. The second-order valence-electron chi connectivity index (χ2n) is 8.50. The zero-order chi connectivity index (χ0) is 20.4. The number of benzene rings is 2. The third-order valence-electron chi connectivity index (χ3n) is 5.68. The molecule has 1 aliphatic carbocycles. The lowest BCUT2D eigenvalue weighted by Crippen LogP contribution is -2.50. The average molecular weight is 380 g/mol. The van der Waals surface area contributed by atoms with Gasteiger partial charge in [0, 0.05) is 12.8 Å². The number of hydrogen-bond donors (Lipinski definition) is 0. The molecule has 0 amide bonds. The predicted molar refractivity (Wildman–Crippen MR) is 109 cm³/mol. The molecule has 1 fully saturated rings. The van der Waals surface area contributed by atoms with Crippen molar-refractivity contribution >= 4 is 11.6 Å². The molecule has 0 N–H and O–H groups in total. The third kappa shape index (κ3) is 4.11. The fourth-order valence-electron chi connectivity index (χ4n) is 4.07. The number of ether oxygens (including phenoxy) is 2. The van der Waals surface area contributed by atoms with Crippen molar-refractivity contribution in [3.8, 4) is 11.5 Å². The fraction of sp³-hybridized carbons (Fsp3) is 0.417. The smallest absolute Gasteiger partial charge is 0.147 e. The molecule has 1 aliphatic rings. The Hall–Kier alpha value is -2.62. The minimum absolute atomic E-state index is 0.0420. The lowest BCUT2D eigenvalue weighted by Gasteiger charge is -2.41. The standard InChI is InChI=1S/C24H28O4/c1-23(2)15-21(25)24(22(26)16-23,13-17-5-9-19(27-3)10-6-17)14-18-7-11-20(28-4)12-8-18/h5-12H,13-16H2,1-4H3. The first-order valence-corrected chi connectivity index (χ1v) is 9.60. The van der Waals surface area contributed by atoms with Gasteiger partial charge in [-0.2, -0.15) is 0 Å². The van der Waals surface area contributed by atoms with Gasteiger partial charge in [0.25, 0.3) is 0 Å². The Labute approximate surface area is 166 Å². The summed E-state index contributed by atoms with van der Waals surface area (Å²) < 4.78 is 10.5. The Morgan fingerprint density at radius 3 is 1.39 bits per heavy atom. The van der Waals surface area contributed by atoms with E-state index in [2.05, 4.69) is 0 Å². The van der Waals surface area contributed by atoms with Crippen LogP contribution >= 0.6 is 0 Å². The first kappa shape index (κ1) is 20.1. The van der Waals surface area contributed by atoms with Crippen molar-refractivity contribution in [1.29, 1.82) is 0 Å². The van der Waals surface area contributed by atoms with Gasteiger partial charge in [0.05, 0.1) is 19.6 Å². The van der Waals surface area contributed by atoms with Crippen molar-refractivity contribution < 1.29 is 19.1 Å². The third-order valence-corrected chi connectivity index (χ3v) is 5.68. The summed E-state index contributed by atoms with van der Waals surface area (Å²) in [7, 11) is 3.24. The van der Waals surface area contributed by atoms with Gasteiger partial charge in [-0.3, -0.25) is 9.59 Å². The van der Waals surface area contributed by atoms with Gasteiger partial charge in [0.15, 0.2) is 0 Å². The number of hydrogen-bond acceptors (Lipinski definition) is 4.